The van der Waals surface area contributed by atoms with E-state index in [1.54, 1.807) is 17.9 Å². The zero-order chi connectivity index (χ0) is 23.2. The van der Waals surface area contributed by atoms with Gasteiger partial charge in [-0.05, 0) is 24.6 Å². The van der Waals surface area contributed by atoms with E-state index in [0.29, 0.717) is 44.2 Å². The molecule has 9 nitrogen and oxygen atoms in total. The zero-order valence-electron chi connectivity index (χ0n) is 18.5. The van der Waals surface area contributed by atoms with Crippen LogP contribution in [0.1, 0.15) is 12.5 Å². The van der Waals surface area contributed by atoms with Crippen molar-refractivity contribution in [1.82, 2.24) is 20.4 Å². The molecule has 1 saturated heterocycles. The fraction of sp³-hybridized carbons (Fsp3) is 0.375. The smallest absolute Gasteiger partial charge is 0.321 e. The van der Waals surface area contributed by atoms with Gasteiger partial charge >= 0.3 is 6.03 Å². The maximum atomic E-state index is 12.9. The van der Waals surface area contributed by atoms with Crippen LogP contribution in [0.4, 0.5) is 4.79 Å². The van der Waals surface area contributed by atoms with Crippen molar-refractivity contribution < 1.29 is 23.9 Å². The molecule has 2 aromatic carbocycles. The van der Waals surface area contributed by atoms with Gasteiger partial charge in [-0.15, -0.1) is 0 Å². The molecule has 2 aliphatic rings. The number of hydrogen-bond donors (Lipinski definition) is 2. The Hall–Kier alpha value is -3.59. The molecule has 2 unspecified atom stereocenters. The van der Waals surface area contributed by atoms with Crippen molar-refractivity contribution >= 4 is 17.8 Å². The molecule has 0 bridgehead atoms. The first kappa shape index (κ1) is 22.6. The van der Waals surface area contributed by atoms with Crippen molar-refractivity contribution in [2.75, 3.05) is 32.8 Å². The largest absolute Gasteiger partial charge is 0.485 e. The lowest BCUT2D eigenvalue weighted by Gasteiger charge is -2.39. The molecule has 33 heavy (non-hydrogen) atoms. The van der Waals surface area contributed by atoms with Crippen LogP contribution in [0.15, 0.2) is 54.6 Å². The van der Waals surface area contributed by atoms with Gasteiger partial charge in [-0.3, -0.25) is 19.8 Å². The zero-order valence-corrected chi connectivity index (χ0v) is 18.5. The summed E-state index contributed by atoms with van der Waals surface area (Å²) in [5, 5.41) is 5.08. The Morgan fingerprint density at radius 3 is 2.36 bits per heavy atom. The molecule has 4 amide bonds. The number of rotatable bonds is 5. The van der Waals surface area contributed by atoms with Crippen molar-refractivity contribution in [2.45, 2.75) is 25.6 Å². The Labute approximate surface area is 192 Å². The molecule has 0 aromatic heterocycles. The van der Waals surface area contributed by atoms with E-state index < -0.39 is 18.2 Å². The number of amides is 4. The molecule has 174 valence electrons. The molecule has 2 N–H and O–H groups in total. The molecule has 2 atom stereocenters. The SMILES string of the molecule is CC(C(=O)NC(=O)NCc1ccccc1)N1CCN(C(=O)C2COc3ccccc3O2)CC1. The maximum absolute atomic E-state index is 12.9. The van der Waals surface area contributed by atoms with Crippen molar-refractivity contribution in [3.8, 4) is 11.5 Å². The van der Waals surface area contributed by atoms with Crippen molar-refractivity contribution in [2.24, 2.45) is 0 Å². The minimum Gasteiger partial charge on any atom is -0.485 e. The Kier molecular flexibility index (Phi) is 7.09. The highest BCUT2D eigenvalue weighted by molar-refractivity contribution is 5.96. The van der Waals surface area contributed by atoms with E-state index in [9.17, 15) is 14.4 Å². The van der Waals surface area contributed by atoms with Gasteiger partial charge in [-0.25, -0.2) is 4.79 Å². The fourth-order valence-corrected chi connectivity index (χ4v) is 3.88. The van der Waals surface area contributed by atoms with Gasteiger partial charge in [0.2, 0.25) is 12.0 Å². The third kappa shape index (κ3) is 5.61. The first-order chi connectivity index (χ1) is 16.0. The molecule has 0 saturated carbocycles. The van der Waals surface area contributed by atoms with Gasteiger partial charge in [0.25, 0.3) is 5.91 Å². The predicted molar refractivity (Wildman–Crippen MR) is 121 cm³/mol. The third-order valence-corrected chi connectivity index (χ3v) is 5.87. The normalized spacial score (nSPS) is 18.8. The number of benzene rings is 2. The Morgan fingerprint density at radius 1 is 0.970 bits per heavy atom. The second kappa shape index (κ2) is 10.4. The molecular weight excluding hydrogens is 424 g/mol. The highest BCUT2D eigenvalue weighted by atomic mass is 16.6. The lowest BCUT2D eigenvalue weighted by molar-refractivity contribution is -0.143. The Balaban J connectivity index is 1.21. The minimum atomic E-state index is -0.680. The molecule has 2 aromatic rings. The summed E-state index contributed by atoms with van der Waals surface area (Å²) >= 11 is 0. The van der Waals surface area contributed by atoms with Gasteiger partial charge < -0.3 is 19.7 Å². The number of hydrogen-bond acceptors (Lipinski definition) is 6. The van der Waals surface area contributed by atoms with Crippen LogP contribution in [-0.2, 0) is 16.1 Å². The van der Waals surface area contributed by atoms with E-state index in [1.807, 2.05) is 53.4 Å². The summed E-state index contributed by atoms with van der Waals surface area (Å²) < 4.78 is 11.5. The van der Waals surface area contributed by atoms with Crippen LogP contribution in [0.5, 0.6) is 11.5 Å². The van der Waals surface area contributed by atoms with Gasteiger partial charge in [0, 0.05) is 32.7 Å². The summed E-state index contributed by atoms with van der Waals surface area (Å²) in [6.07, 6.45) is -0.680. The number of nitrogens with one attached hydrogen (secondary N) is 2. The number of imide groups is 1. The van der Waals surface area contributed by atoms with Gasteiger partial charge in [-0.1, -0.05) is 42.5 Å². The van der Waals surface area contributed by atoms with Crippen LogP contribution in [0.3, 0.4) is 0 Å². The highest BCUT2D eigenvalue weighted by Crippen LogP contribution is 2.31. The van der Waals surface area contributed by atoms with Gasteiger partial charge in [0.05, 0.1) is 6.04 Å². The second-order valence-corrected chi connectivity index (χ2v) is 8.06. The number of ether oxygens (including phenoxy) is 2. The fourth-order valence-electron chi connectivity index (χ4n) is 3.88. The summed E-state index contributed by atoms with van der Waals surface area (Å²) in [4.78, 5) is 41.2. The van der Waals surface area contributed by atoms with Gasteiger partial charge in [0.1, 0.15) is 6.61 Å². The van der Waals surface area contributed by atoms with E-state index in [-0.39, 0.29) is 18.4 Å². The lowest BCUT2D eigenvalue weighted by atomic mass is 10.2. The van der Waals surface area contributed by atoms with Crippen LogP contribution in [-0.4, -0.2) is 72.6 Å². The van der Waals surface area contributed by atoms with Crippen LogP contribution in [0.25, 0.3) is 0 Å². The number of carbonyl (C=O) groups excluding carboxylic acids is 3. The van der Waals surface area contributed by atoms with E-state index in [4.69, 9.17) is 9.47 Å². The molecule has 4 rings (SSSR count). The van der Waals surface area contributed by atoms with Gasteiger partial charge in [-0.2, -0.15) is 0 Å². The first-order valence-electron chi connectivity index (χ1n) is 11.0. The molecule has 0 spiro atoms. The highest BCUT2D eigenvalue weighted by Gasteiger charge is 2.34. The Morgan fingerprint density at radius 2 is 1.64 bits per heavy atom. The third-order valence-electron chi connectivity index (χ3n) is 5.87. The van der Waals surface area contributed by atoms with E-state index in [0.717, 1.165) is 5.56 Å². The molecule has 9 heteroatoms. The lowest BCUT2D eigenvalue weighted by Crippen LogP contribution is -2.58. The molecular formula is C24H28N4O5. The standard InChI is InChI=1S/C24H28N4O5/c1-17(22(29)26-24(31)25-15-18-7-3-2-4-8-18)27-11-13-28(14-12-27)23(30)21-16-32-19-9-5-6-10-20(19)33-21/h2-10,17,21H,11-16H2,1H3,(H2,25,26,29,31). The molecule has 2 heterocycles. The molecule has 2 aliphatic heterocycles. The topological polar surface area (TPSA) is 100 Å². The van der Waals surface area contributed by atoms with E-state index in [2.05, 4.69) is 10.6 Å². The summed E-state index contributed by atoms with van der Waals surface area (Å²) in [5.41, 5.74) is 0.949. The number of carbonyl (C=O) groups is 3. The number of para-hydroxylation sites is 2. The summed E-state index contributed by atoms with van der Waals surface area (Å²) in [5.74, 6) is 0.707. The number of piperazine rings is 1. The monoisotopic (exact) mass is 452 g/mol. The van der Waals surface area contributed by atoms with Crippen LogP contribution in [0, 0.1) is 0 Å². The number of urea groups is 1. The minimum absolute atomic E-state index is 0.124. The number of fused-ring (bicyclic) bond motifs is 1. The van der Waals surface area contributed by atoms with E-state index in [1.165, 1.54) is 0 Å². The first-order valence-corrected chi connectivity index (χ1v) is 11.0. The van der Waals surface area contributed by atoms with Gasteiger partial charge in [0.15, 0.2) is 11.5 Å². The van der Waals surface area contributed by atoms with Crippen molar-refractivity contribution in [3.05, 3.63) is 60.2 Å². The van der Waals surface area contributed by atoms with Crippen LogP contribution >= 0.6 is 0 Å². The Bertz CT molecular complexity index is 991. The van der Waals surface area contributed by atoms with Crippen molar-refractivity contribution in [1.29, 1.82) is 0 Å². The molecule has 0 radical (unpaired) electrons. The molecule has 0 aliphatic carbocycles. The second-order valence-electron chi connectivity index (χ2n) is 8.06. The van der Waals surface area contributed by atoms with Crippen molar-refractivity contribution in [3.63, 3.8) is 0 Å². The van der Waals surface area contributed by atoms with Crippen LogP contribution < -0.4 is 20.1 Å². The number of nitrogens with zero attached hydrogens (tertiary/aromatic N) is 2. The summed E-state index contributed by atoms with van der Waals surface area (Å²) in [6.45, 7) is 4.26. The predicted octanol–water partition coefficient (Wildman–Crippen LogP) is 1.39. The average Bonchev–Trinajstić information content (AvgIpc) is 2.87. The quantitative estimate of drug-likeness (QED) is 0.711. The van der Waals surface area contributed by atoms with Crippen LogP contribution in [0.2, 0.25) is 0 Å². The van der Waals surface area contributed by atoms with E-state index >= 15 is 0 Å². The summed E-state index contributed by atoms with van der Waals surface area (Å²) in [6, 6.07) is 15.7. The average molecular weight is 453 g/mol. The summed E-state index contributed by atoms with van der Waals surface area (Å²) in [7, 11) is 0. The maximum Gasteiger partial charge on any atom is 0.321 e. The molecule has 1 fully saturated rings.